The van der Waals surface area contributed by atoms with Crippen molar-refractivity contribution in [3.05, 3.63) is 36.0 Å². The Balaban J connectivity index is 2.45. The second-order valence-electron chi connectivity index (χ2n) is 3.35. The number of hydrogen-bond acceptors (Lipinski definition) is 1. The lowest BCUT2D eigenvalue weighted by molar-refractivity contribution is 0.914. The predicted molar refractivity (Wildman–Crippen MR) is 54.1 cm³/mol. The Kier molecular flexibility index (Phi) is 1.30. The number of aliphatic imine (C=N–C) groups is 1. The van der Waals surface area contributed by atoms with Gasteiger partial charge in [-0.1, -0.05) is 18.2 Å². The van der Waals surface area contributed by atoms with Crippen LogP contribution in [-0.2, 0) is 13.1 Å². The van der Waals surface area contributed by atoms with Crippen molar-refractivity contribution < 1.29 is 0 Å². The van der Waals surface area contributed by atoms with E-state index in [9.17, 15) is 0 Å². The van der Waals surface area contributed by atoms with Crippen LogP contribution in [0.15, 0.2) is 35.5 Å². The number of hydrogen-bond donors (Lipinski definition) is 0. The van der Waals surface area contributed by atoms with Crippen LogP contribution in [0.5, 0.6) is 0 Å². The number of nitrogens with zero attached hydrogens (tertiary/aromatic N) is 2. The van der Waals surface area contributed by atoms with E-state index in [4.69, 9.17) is 0 Å². The van der Waals surface area contributed by atoms with Gasteiger partial charge in [0.05, 0.1) is 18.6 Å². The molecule has 1 aromatic carbocycles. The molecule has 1 aliphatic rings. The minimum Gasteiger partial charge on any atom is -0.342 e. The van der Waals surface area contributed by atoms with Gasteiger partial charge in [-0.25, -0.2) is 0 Å². The Morgan fingerprint density at radius 1 is 1.23 bits per heavy atom. The van der Waals surface area contributed by atoms with E-state index in [-0.39, 0.29) is 0 Å². The fraction of sp³-hybridized carbons (Fsp3) is 0.182. The van der Waals surface area contributed by atoms with Gasteiger partial charge in [-0.05, 0) is 17.0 Å². The number of aromatic nitrogens is 1. The average Bonchev–Trinajstić information content (AvgIpc) is 2.44. The van der Waals surface area contributed by atoms with Crippen LogP contribution in [0.3, 0.4) is 0 Å². The summed E-state index contributed by atoms with van der Waals surface area (Å²) in [6, 6.07) is 8.57. The first-order valence-electron chi connectivity index (χ1n) is 4.50. The maximum Gasteiger partial charge on any atom is 0.0657 e. The Bertz CT molecular complexity index is 480. The second-order valence-corrected chi connectivity index (χ2v) is 3.35. The highest BCUT2D eigenvalue weighted by molar-refractivity contribution is 5.85. The van der Waals surface area contributed by atoms with Crippen LogP contribution < -0.4 is 0 Å². The number of para-hydroxylation sites is 1. The zero-order valence-electron chi connectivity index (χ0n) is 7.27. The molecule has 13 heavy (non-hydrogen) atoms. The van der Waals surface area contributed by atoms with Crippen LogP contribution in [0.2, 0.25) is 0 Å². The lowest BCUT2D eigenvalue weighted by Gasteiger charge is -2.01. The molecule has 64 valence electrons. The first-order chi connectivity index (χ1) is 6.45. The summed E-state index contributed by atoms with van der Waals surface area (Å²) in [5.41, 5.74) is 2.68. The molecule has 2 aromatic rings. The average molecular weight is 170 g/mol. The molecule has 0 radical (unpaired) electrons. The summed E-state index contributed by atoms with van der Waals surface area (Å²) in [7, 11) is 0. The minimum absolute atomic E-state index is 0.821. The minimum atomic E-state index is 0.821. The molecule has 2 nitrogen and oxygen atoms in total. The molecule has 1 aliphatic heterocycles. The third-order valence-corrected chi connectivity index (χ3v) is 2.54. The lowest BCUT2D eigenvalue weighted by atomic mass is 10.1. The maximum absolute atomic E-state index is 4.34. The third kappa shape index (κ3) is 0.917. The molecule has 0 fully saturated rings. The van der Waals surface area contributed by atoms with Crippen molar-refractivity contribution in [1.29, 1.82) is 0 Å². The Morgan fingerprint density at radius 3 is 3.23 bits per heavy atom. The van der Waals surface area contributed by atoms with Gasteiger partial charge in [-0.15, -0.1) is 0 Å². The van der Waals surface area contributed by atoms with Gasteiger partial charge in [0.15, 0.2) is 0 Å². The van der Waals surface area contributed by atoms with Gasteiger partial charge in [-0.3, -0.25) is 4.99 Å². The zero-order valence-corrected chi connectivity index (χ0v) is 7.27. The Hall–Kier alpha value is -1.57. The fourth-order valence-electron chi connectivity index (χ4n) is 1.93. The van der Waals surface area contributed by atoms with Crippen molar-refractivity contribution in [1.82, 2.24) is 4.57 Å². The first-order valence-corrected chi connectivity index (χ1v) is 4.50. The monoisotopic (exact) mass is 170 g/mol. The fourth-order valence-corrected chi connectivity index (χ4v) is 1.93. The summed E-state index contributed by atoms with van der Waals surface area (Å²) < 4.78 is 2.25. The number of benzene rings is 1. The van der Waals surface area contributed by atoms with E-state index in [1.165, 1.54) is 16.5 Å². The molecule has 0 saturated heterocycles. The summed E-state index contributed by atoms with van der Waals surface area (Å²) in [6.07, 6.45) is 4.12. The summed E-state index contributed by atoms with van der Waals surface area (Å²) in [5.74, 6) is 0. The van der Waals surface area contributed by atoms with Crippen molar-refractivity contribution in [3.8, 4) is 0 Å². The van der Waals surface area contributed by atoms with E-state index in [1.807, 2.05) is 6.21 Å². The molecule has 2 heteroatoms. The quantitative estimate of drug-likeness (QED) is 0.577. The van der Waals surface area contributed by atoms with Crippen LogP contribution in [0.25, 0.3) is 10.9 Å². The molecule has 3 rings (SSSR count). The van der Waals surface area contributed by atoms with E-state index < -0.39 is 0 Å². The van der Waals surface area contributed by atoms with Crippen molar-refractivity contribution in [3.63, 3.8) is 0 Å². The number of rotatable bonds is 0. The van der Waals surface area contributed by atoms with Gasteiger partial charge in [0, 0.05) is 12.4 Å². The zero-order chi connectivity index (χ0) is 8.67. The van der Waals surface area contributed by atoms with Crippen LogP contribution in [0.4, 0.5) is 0 Å². The van der Waals surface area contributed by atoms with Crippen molar-refractivity contribution in [2.75, 3.05) is 0 Å². The van der Waals surface area contributed by atoms with E-state index >= 15 is 0 Å². The highest BCUT2D eigenvalue weighted by Crippen LogP contribution is 2.21. The van der Waals surface area contributed by atoms with Gasteiger partial charge in [0.25, 0.3) is 0 Å². The van der Waals surface area contributed by atoms with E-state index in [0.29, 0.717) is 0 Å². The van der Waals surface area contributed by atoms with Crippen LogP contribution >= 0.6 is 0 Å². The molecule has 0 aliphatic carbocycles. The summed E-state index contributed by atoms with van der Waals surface area (Å²) in [6.45, 7) is 1.72. The van der Waals surface area contributed by atoms with Gasteiger partial charge in [0.1, 0.15) is 0 Å². The maximum atomic E-state index is 4.34. The lowest BCUT2D eigenvalue weighted by Crippen LogP contribution is -1.95. The van der Waals surface area contributed by atoms with Crippen LogP contribution in [-0.4, -0.2) is 10.8 Å². The van der Waals surface area contributed by atoms with Gasteiger partial charge in [-0.2, -0.15) is 0 Å². The van der Waals surface area contributed by atoms with E-state index in [2.05, 4.69) is 40.0 Å². The van der Waals surface area contributed by atoms with E-state index in [0.717, 1.165) is 13.1 Å². The van der Waals surface area contributed by atoms with Gasteiger partial charge in [0.2, 0.25) is 0 Å². The summed E-state index contributed by atoms with van der Waals surface area (Å²) >= 11 is 0. The summed E-state index contributed by atoms with van der Waals surface area (Å²) in [4.78, 5) is 4.34. The van der Waals surface area contributed by atoms with Gasteiger partial charge < -0.3 is 4.57 Å². The molecule has 0 atom stereocenters. The Labute approximate surface area is 76.5 Å². The van der Waals surface area contributed by atoms with Gasteiger partial charge >= 0.3 is 0 Å². The smallest absolute Gasteiger partial charge is 0.0657 e. The molecule has 0 N–H and O–H groups in total. The normalized spacial score (nSPS) is 14.8. The highest BCUT2D eigenvalue weighted by atomic mass is 15.0. The molecule has 1 aromatic heterocycles. The first kappa shape index (κ1) is 6.89. The molecule has 0 bridgehead atoms. The van der Waals surface area contributed by atoms with Crippen LogP contribution in [0.1, 0.15) is 5.56 Å². The molecule has 0 saturated carbocycles. The highest BCUT2D eigenvalue weighted by Gasteiger charge is 2.06. The van der Waals surface area contributed by atoms with Crippen molar-refractivity contribution in [2.24, 2.45) is 4.99 Å². The third-order valence-electron chi connectivity index (χ3n) is 2.54. The molecule has 2 heterocycles. The summed E-state index contributed by atoms with van der Waals surface area (Å²) in [5, 5.41) is 1.32. The Morgan fingerprint density at radius 2 is 2.23 bits per heavy atom. The standard InChI is InChI=1S/C11H10N2/c1-2-9-4-6-13-7-5-12-8-10(3-1)11(9)13/h1-6H,7-8H2. The molecular formula is C11H10N2. The van der Waals surface area contributed by atoms with Crippen molar-refractivity contribution in [2.45, 2.75) is 13.1 Å². The SMILES string of the molecule is C1=NCc2cccc3ccn(c23)C1. The largest absolute Gasteiger partial charge is 0.342 e. The van der Waals surface area contributed by atoms with Crippen molar-refractivity contribution >= 4 is 17.1 Å². The molecule has 0 amide bonds. The van der Waals surface area contributed by atoms with Crippen LogP contribution in [0, 0.1) is 0 Å². The molecule has 0 unspecified atom stereocenters. The topological polar surface area (TPSA) is 17.3 Å². The van der Waals surface area contributed by atoms with E-state index in [1.54, 1.807) is 0 Å². The predicted octanol–water partition coefficient (Wildman–Crippen LogP) is 2.23. The molecular weight excluding hydrogens is 160 g/mol. The second kappa shape index (κ2) is 2.46. The molecule has 0 spiro atoms.